The number of carbonyl (C=O) groups excluding carboxylic acids is 1. The lowest BCUT2D eigenvalue weighted by Gasteiger charge is -2.16. The van der Waals surface area contributed by atoms with E-state index in [0.29, 0.717) is 18.9 Å². The molecule has 1 fully saturated rings. The number of rotatable bonds is 5. The summed E-state index contributed by atoms with van der Waals surface area (Å²) in [7, 11) is 3.58. The highest BCUT2D eigenvalue weighted by atomic mass is 16.5. The van der Waals surface area contributed by atoms with Gasteiger partial charge in [-0.1, -0.05) is 0 Å². The number of hydrogen-bond acceptors (Lipinski definition) is 3. The zero-order chi connectivity index (χ0) is 10.4. The van der Waals surface area contributed by atoms with Gasteiger partial charge in [-0.15, -0.1) is 0 Å². The molecule has 0 radical (unpaired) electrons. The van der Waals surface area contributed by atoms with Gasteiger partial charge in [0.15, 0.2) is 0 Å². The molecule has 1 rings (SSSR count). The Bertz CT molecular complexity index is 185. The fourth-order valence-electron chi connectivity index (χ4n) is 1.86. The Labute approximate surface area is 85.6 Å². The lowest BCUT2D eigenvalue weighted by Crippen LogP contribution is -2.30. The van der Waals surface area contributed by atoms with E-state index in [4.69, 9.17) is 4.74 Å². The predicted octanol–water partition coefficient (Wildman–Crippen LogP) is 0.0908. The van der Waals surface area contributed by atoms with Crippen molar-refractivity contribution in [1.29, 1.82) is 0 Å². The zero-order valence-corrected chi connectivity index (χ0v) is 9.08. The zero-order valence-electron chi connectivity index (χ0n) is 9.08. The van der Waals surface area contributed by atoms with E-state index in [2.05, 4.69) is 5.32 Å². The Balaban J connectivity index is 2.23. The highest BCUT2D eigenvalue weighted by Crippen LogP contribution is 2.15. The summed E-state index contributed by atoms with van der Waals surface area (Å²) in [6.07, 6.45) is 1.64. The second-order valence-corrected chi connectivity index (χ2v) is 3.79. The minimum atomic E-state index is 0.227. The number of methoxy groups -OCH3 is 1. The van der Waals surface area contributed by atoms with Gasteiger partial charge < -0.3 is 15.0 Å². The summed E-state index contributed by atoms with van der Waals surface area (Å²) in [5.74, 6) is 0.858. The molecule has 1 N–H and O–H groups in total. The smallest absolute Gasteiger partial charge is 0.224 e. The van der Waals surface area contributed by atoms with Crippen LogP contribution in [0.25, 0.3) is 0 Å². The van der Waals surface area contributed by atoms with Crippen LogP contribution >= 0.6 is 0 Å². The van der Waals surface area contributed by atoms with Crippen LogP contribution in [-0.4, -0.2) is 51.2 Å². The first-order valence-corrected chi connectivity index (χ1v) is 5.19. The van der Waals surface area contributed by atoms with Gasteiger partial charge in [-0.05, 0) is 25.9 Å². The molecule has 0 aromatic heterocycles. The molecule has 1 atom stereocenters. The van der Waals surface area contributed by atoms with Crippen molar-refractivity contribution >= 4 is 5.91 Å². The van der Waals surface area contributed by atoms with Crippen LogP contribution in [0.3, 0.4) is 0 Å². The summed E-state index contributed by atoms with van der Waals surface area (Å²) in [5, 5.41) is 3.15. The molecule has 0 spiro atoms. The molecule has 0 bridgehead atoms. The van der Waals surface area contributed by atoms with Gasteiger partial charge in [0.05, 0.1) is 13.0 Å². The largest absolute Gasteiger partial charge is 0.384 e. The minimum Gasteiger partial charge on any atom is -0.384 e. The Morgan fingerprint density at radius 2 is 2.43 bits per heavy atom. The number of nitrogens with zero attached hydrogens (tertiary/aromatic N) is 1. The molecule has 0 aliphatic carbocycles. The minimum absolute atomic E-state index is 0.227. The van der Waals surface area contributed by atoms with Gasteiger partial charge in [0.2, 0.25) is 5.91 Å². The lowest BCUT2D eigenvalue weighted by molar-refractivity contribution is -0.131. The van der Waals surface area contributed by atoms with E-state index >= 15 is 0 Å². The van der Waals surface area contributed by atoms with E-state index in [1.807, 2.05) is 11.9 Å². The third kappa shape index (κ3) is 3.27. The maximum atomic E-state index is 11.6. The van der Waals surface area contributed by atoms with Gasteiger partial charge in [0.25, 0.3) is 0 Å². The van der Waals surface area contributed by atoms with Gasteiger partial charge >= 0.3 is 0 Å². The number of nitrogens with one attached hydrogen (secondary N) is 1. The molecule has 4 nitrogen and oxygen atoms in total. The second kappa shape index (κ2) is 5.98. The van der Waals surface area contributed by atoms with Crippen molar-refractivity contribution in [3.05, 3.63) is 0 Å². The van der Waals surface area contributed by atoms with Crippen molar-refractivity contribution < 1.29 is 9.53 Å². The Kier molecular flexibility index (Phi) is 4.90. The summed E-state index contributed by atoms with van der Waals surface area (Å²) in [5.41, 5.74) is 0. The first-order chi connectivity index (χ1) is 6.77. The van der Waals surface area contributed by atoms with Crippen LogP contribution in [-0.2, 0) is 9.53 Å². The van der Waals surface area contributed by atoms with Crippen molar-refractivity contribution in [2.24, 2.45) is 5.92 Å². The van der Waals surface area contributed by atoms with Gasteiger partial charge in [-0.3, -0.25) is 4.79 Å². The summed E-state index contributed by atoms with van der Waals surface area (Å²) in [6, 6.07) is 0. The highest BCUT2D eigenvalue weighted by molar-refractivity contribution is 5.76. The van der Waals surface area contributed by atoms with Gasteiger partial charge in [-0.25, -0.2) is 0 Å². The molecule has 82 valence electrons. The number of ether oxygens (including phenoxy) is 1. The molecule has 1 aliphatic rings. The Morgan fingerprint density at radius 3 is 3.07 bits per heavy atom. The van der Waals surface area contributed by atoms with Crippen LogP contribution in [0.4, 0.5) is 0 Å². The van der Waals surface area contributed by atoms with E-state index in [-0.39, 0.29) is 5.91 Å². The second-order valence-electron chi connectivity index (χ2n) is 3.79. The number of likely N-dealkylation sites (tertiary alicyclic amines) is 1. The molecular weight excluding hydrogens is 180 g/mol. The molecule has 1 amide bonds. The van der Waals surface area contributed by atoms with Crippen LogP contribution in [0.1, 0.15) is 12.8 Å². The van der Waals surface area contributed by atoms with Crippen molar-refractivity contribution in [3.8, 4) is 0 Å². The first-order valence-electron chi connectivity index (χ1n) is 5.19. The quantitative estimate of drug-likeness (QED) is 0.684. The molecule has 1 heterocycles. The molecule has 14 heavy (non-hydrogen) atoms. The van der Waals surface area contributed by atoms with Gasteiger partial charge in [0.1, 0.15) is 0 Å². The van der Waals surface area contributed by atoms with Gasteiger partial charge in [-0.2, -0.15) is 0 Å². The fraction of sp³-hybridized carbons (Fsp3) is 0.900. The predicted molar refractivity (Wildman–Crippen MR) is 55.1 cm³/mol. The summed E-state index contributed by atoms with van der Waals surface area (Å²) < 4.78 is 4.89. The highest BCUT2D eigenvalue weighted by Gasteiger charge is 2.24. The number of carbonyl (C=O) groups is 1. The number of amides is 1. The van der Waals surface area contributed by atoms with E-state index in [9.17, 15) is 4.79 Å². The third-order valence-electron chi connectivity index (χ3n) is 2.65. The molecule has 1 aliphatic heterocycles. The molecule has 0 aromatic rings. The lowest BCUT2D eigenvalue weighted by atomic mass is 10.1. The molecule has 1 saturated heterocycles. The van der Waals surface area contributed by atoms with Crippen molar-refractivity contribution in [2.45, 2.75) is 12.8 Å². The van der Waals surface area contributed by atoms with Crippen LogP contribution in [0.2, 0.25) is 0 Å². The van der Waals surface area contributed by atoms with Crippen LogP contribution in [0.5, 0.6) is 0 Å². The molecular formula is C10H20N2O2. The van der Waals surface area contributed by atoms with E-state index in [0.717, 1.165) is 26.1 Å². The molecule has 0 saturated carbocycles. The molecule has 4 heteroatoms. The fourth-order valence-corrected chi connectivity index (χ4v) is 1.86. The summed E-state index contributed by atoms with van der Waals surface area (Å²) in [4.78, 5) is 13.5. The molecule has 0 aromatic carbocycles. The Hall–Kier alpha value is -0.610. The van der Waals surface area contributed by atoms with E-state index < -0.39 is 0 Å². The molecule has 1 unspecified atom stereocenters. The average Bonchev–Trinajstić information content (AvgIpc) is 2.63. The van der Waals surface area contributed by atoms with Crippen molar-refractivity contribution in [2.75, 3.05) is 40.4 Å². The first kappa shape index (κ1) is 11.5. The van der Waals surface area contributed by atoms with Crippen LogP contribution < -0.4 is 5.32 Å². The Morgan fingerprint density at radius 1 is 1.64 bits per heavy atom. The summed E-state index contributed by atoms with van der Waals surface area (Å²) >= 11 is 0. The van der Waals surface area contributed by atoms with Crippen molar-refractivity contribution in [1.82, 2.24) is 10.2 Å². The van der Waals surface area contributed by atoms with Crippen LogP contribution in [0.15, 0.2) is 0 Å². The van der Waals surface area contributed by atoms with E-state index in [1.54, 1.807) is 7.11 Å². The summed E-state index contributed by atoms with van der Waals surface area (Å²) in [6.45, 7) is 3.36. The number of hydrogen-bond donors (Lipinski definition) is 1. The van der Waals surface area contributed by atoms with Gasteiger partial charge in [0, 0.05) is 20.2 Å². The van der Waals surface area contributed by atoms with Crippen LogP contribution in [0, 0.1) is 5.92 Å². The topological polar surface area (TPSA) is 41.6 Å². The SMILES string of the molecule is CNCC1CCN(C(=O)CCOC)C1. The van der Waals surface area contributed by atoms with E-state index in [1.165, 1.54) is 0 Å². The standard InChI is InChI=1S/C10H20N2O2/c1-11-7-9-3-5-12(8-9)10(13)4-6-14-2/h9,11H,3-8H2,1-2H3. The third-order valence-corrected chi connectivity index (χ3v) is 2.65. The monoisotopic (exact) mass is 200 g/mol. The average molecular weight is 200 g/mol. The van der Waals surface area contributed by atoms with Crippen molar-refractivity contribution in [3.63, 3.8) is 0 Å². The maximum absolute atomic E-state index is 11.6. The normalized spacial score (nSPS) is 21.6. The maximum Gasteiger partial charge on any atom is 0.224 e.